The Kier molecular flexibility index (Phi) is 7.91. The first-order valence-corrected chi connectivity index (χ1v) is 12.8. The topological polar surface area (TPSA) is 111 Å². The van der Waals surface area contributed by atoms with Crippen molar-refractivity contribution in [3.63, 3.8) is 0 Å². The van der Waals surface area contributed by atoms with Gasteiger partial charge in [0.1, 0.15) is 6.04 Å². The predicted octanol–water partition coefficient (Wildman–Crippen LogP) is 2.11. The summed E-state index contributed by atoms with van der Waals surface area (Å²) in [5.74, 6) is -0.277. The summed E-state index contributed by atoms with van der Waals surface area (Å²) in [5.41, 5.74) is 0.398. The molecule has 174 valence electrons. The minimum atomic E-state index is -3.69. The summed E-state index contributed by atoms with van der Waals surface area (Å²) in [4.78, 5) is 27.6. The Balaban J connectivity index is 1.61. The average Bonchev–Trinajstić information content (AvgIpc) is 2.82. The number of hydrogen-bond acceptors (Lipinski definition) is 5. The standard InChI is InChI=1S/C23H32N4O4S/c1-17(2)21(25-22(28)19-6-4-3-5-7-19)23(29)26-12-14-27(15-13-26)32(30,31)20-10-8-18(16-24)9-11-20/h8-11,17,19,21H,3-7,12-15H2,1-2H3,(H,25,28). The zero-order valence-electron chi connectivity index (χ0n) is 18.8. The number of rotatable bonds is 6. The fraction of sp³-hybridized carbons (Fsp3) is 0.609. The van der Waals surface area contributed by atoms with E-state index in [1.54, 1.807) is 4.90 Å². The summed E-state index contributed by atoms with van der Waals surface area (Å²) in [6.45, 7) is 4.75. The van der Waals surface area contributed by atoms with Crippen molar-refractivity contribution in [3.05, 3.63) is 29.8 Å². The lowest BCUT2D eigenvalue weighted by Gasteiger charge is -2.37. The molecule has 1 unspecified atom stereocenters. The molecule has 0 spiro atoms. The molecule has 0 bridgehead atoms. The van der Waals surface area contributed by atoms with Gasteiger partial charge in [0, 0.05) is 32.1 Å². The molecule has 1 N–H and O–H groups in total. The molecule has 2 fully saturated rings. The molecule has 0 aromatic heterocycles. The van der Waals surface area contributed by atoms with Gasteiger partial charge >= 0.3 is 0 Å². The van der Waals surface area contributed by atoms with Crippen LogP contribution in [-0.4, -0.2) is 61.7 Å². The second kappa shape index (κ2) is 10.5. The van der Waals surface area contributed by atoms with Gasteiger partial charge in [0.05, 0.1) is 16.5 Å². The van der Waals surface area contributed by atoms with E-state index in [4.69, 9.17) is 5.26 Å². The van der Waals surface area contributed by atoms with E-state index in [2.05, 4.69) is 5.32 Å². The zero-order valence-corrected chi connectivity index (χ0v) is 19.6. The Morgan fingerprint density at radius 3 is 2.16 bits per heavy atom. The molecule has 2 amide bonds. The first-order chi connectivity index (χ1) is 15.2. The van der Waals surface area contributed by atoms with Gasteiger partial charge in [0.2, 0.25) is 21.8 Å². The maximum absolute atomic E-state index is 13.2. The lowest BCUT2D eigenvalue weighted by atomic mass is 9.88. The molecule has 1 heterocycles. The molecule has 1 aliphatic heterocycles. The van der Waals surface area contributed by atoms with E-state index in [-0.39, 0.29) is 54.7 Å². The van der Waals surface area contributed by atoms with Crippen molar-refractivity contribution in [2.45, 2.75) is 56.9 Å². The van der Waals surface area contributed by atoms with Crippen LogP contribution in [0.3, 0.4) is 0 Å². The monoisotopic (exact) mass is 460 g/mol. The maximum atomic E-state index is 13.2. The zero-order chi connectivity index (χ0) is 23.3. The second-order valence-electron chi connectivity index (χ2n) is 8.93. The van der Waals surface area contributed by atoms with Gasteiger partial charge in [-0.25, -0.2) is 8.42 Å². The van der Waals surface area contributed by atoms with Crippen molar-refractivity contribution < 1.29 is 18.0 Å². The van der Waals surface area contributed by atoms with Crippen LogP contribution in [0.1, 0.15) is 51.5 Å². The molecule has 0 radical (unpaired) electrons. The van der Waals surface area contributed by atoms with Gasteiger partial charge in [0.15, 0.2) is 0 Å². The number of nitrogens with zero attached hydrogens (tertiary/aromatic N) is 3. The molecule has 3 rings (SSSR count). The van der Waals surface area contributed by atoms with Gasteiger partial charge in [-0.3, -0.25) is 9.59 Å². The van der Waals surface area contributed by atoms with Gasteiger partial charge in [-0.15, -0.1) is 0 Å². The van der Waals surface area contributed by atoms with Crippen molar-refractivity contribution in [2.24, 2.45) is 11.8 Å². The first kappa shape index (κ1) is 24.2. The van der Waals surface area contributed by atoms with Crippen molar-refractivity contribution >= 4 is 21.8 Å². The Bertz CT molecular complexity index is 955. The lowest BCUT2D eigenvalue weighted by molar-refractivity contribution is -0.139. The molecule has 9 heteroatoms. The molecule has 32 heavy (non-hydrogen) atoms. The maximum Gasteiger partial charge on any atom is 0.245 e. The summed E-state index contributed by atoms with van der Waals surface area (Å²) >= 11 is 0. The normalized spacial score (nSPS) is 19.4. The highest BCUT2D eigenvalue weighted by Gasteiger charge is 2.35. The minimum absolute atomic E-state index is 0.0211. The number of hydrogen-bond donors (Lipinski definition) is 1. The van der Waals surface area contributed by atoms with Crippen LogP contribution in [0.5, 0.6) is 0 Å². The van der Waals surface area contributed by atoms with Crippen LogP contribution in [0.2, 0.25) is 0 Å². The number of piperazine rings is 1. The Morgan fingerprint density at radius 1 is 1.03 bits per heavy atom. The van der Waals surface area contributed by atoms with E-state index in [9.17, 15) is 18.0 Å². The van der Waals surface area contributed by atoms with Crippen LogP contribution in [0, 0.1) is 23.2 Å². The van der Waals surface area contributed by atoms with Gasteiger partial charge in [-0.05, 0) is 43.0 Å². The SMILES string of the molecule is CC(C)C(NC(=O)C1CCCCC1)C(=O)N1CCN(S(=O)(=O)c2ccc(C#N)cc2)CC1. The molecule has 1 saturated heterocycles. The Labute approximate surface area is 190 Å². The van der Waals surface area contributed by atoms with E-state index < -0.39 is 16.1 Å². The van der Waals surface area contributed by atoms with Gasteiger partial charge in [-0.2, -0.15) is 9.57 Å². The number of nitrogens with one attached hydrogen (secondary N) is 1. The Morgan fingerprint density at radius 2 is 1.62 bits per heavy atom. The molecular formula is C23H32N4O4S. The van der Waals surface area contributed by atoms with Crippen molar-refractivity contribution in [3.8, 4) is 6.07 Å². The van der Waals surface area contributed by atoms with Crippen molar-refractivity contribution in [2.75, 3.05) is 26.2 Å². The molecule has 1 aliphatic carbocycles. The fourth-order valence-electron chi connectivity index (χ4n) is 4.35. The first-order valence-electron chi connectivity index (χ1n) is 11.3. The highest BCUT2D eigenvalue weighted by atomic mass is 32.2. The van der Waals surface area contributed by atoms with Gasteiger partial charge in [0.25, 0.3) is 0 Å². The van der Waals surface area contributed by atoms with Crippen LogP contribution < -0.4 is 5.32 Å². The van der Waals surface area contributed by atoms with Crippen LogP contribution in [0.25, 0.3) is 0 Å². The van der Waals surface area contributed by atoms with Crippen molar-refractivity contribution in [1.29, 1.82) is 5.26 Å². The molecule has 1 aromatic carbocycles. The molecule has 8 nitrogen and oxygen atoms in total. The molecule has 1 aromatic rings. The molecule has 1 atom stereocenters. The van der Waals surface area contributed by atoms with E-state index in [1.807, 2.05) is 19.9 Å². The van der Waals surface area contributed by atoms with Crippen LogP contribution >= 0.6 is 0 Å². The third kappa shape index (κ3) is 5.48. The highest BCUT2D eigenvalue weighted by molar-refractivity contribution is 7.89. The quantitative estimate of drug-likeness (QED) is 0.699. The average molecular weight is 461 g/mol. The van der Waals surface area contributed by atoms with Gasteiger partial charge < -0.3 is 10.2 Å². The molecule has 2 aliphatic rings. The minimum Gasteiger partial charge on any atom is -0.344 e. The lowest BCUT2D eigenvalue weighted by Crippen LogP contribution is -2.57. The number of carbonyl (C=O) groups is 2. The number of carbonyl (C=O) groups excluding carboxylic acids is 2. The van der Waals surface area contributed by atoms with Crippen LogP contribution in [0.15, 0.2) is 29.2 Å². The number of benzene rings is 1. The van der Waals surface area contributed by atoms with Crippen LogP contribution in [0.4, 0.5) is 0 Å². The number of sulfonamides is 1. The van der Waals surface area contributed by atoms with Crippen molar-refractivity contribution in [1.82, 2.24) is 14.5 Å². The van der Waals surface area contributed by atoms with E-state index >= 15 is 0 Å². The third-order valence-electron chi connectivity index (χ3n) is 6.38. The predicted molar refractivity (Wildman–Crippen MR) is 120 cm³/mol. The van der Waals surface area contributed by atoms with E-state index in [0.717, 1.165) is 32.1 Å². The van der Waals surface area contributed by atoms with Gasteiger partial charge in [-0.1, -0.05) is 33.1 Å². The summed E-state index contributed by atoms with van der Waals surface area (Å²) in [7, 11) is -3.69. The summed E-state index contributed by atoms with van der Waals surface area (Å²) < 4.78 is 27.2. The van der Waals surface area contributed by atoms with Crippen LogP contribution in [-0.2, 0) is 19.6 Å². The smallest absolute Gasteiger partial charge is 0.245 e. The van der Waals surface area contributed by atoms with E-state index in [1.165, 1.54) is 28.6 Å². The second-order valence-corrected chi connectivity index (χ2v) is 10.9. The fourth-order valence-corrected chi connectivity index (χ4v) is 5.77. The summed E-state index contributed by atoms with van der Waals surface area (Å²) in [6.07, 6.45) is 5.00. The number of amides is 2. The summed E-state index contributed by atoms with van der Waals surface area (Å²) in [6, 6.07) is 7.19. The largest absolute Gasteiger partial charge is 0.344 e. The molecule has 1 saturated carbocycles. The van der Waals surface area contributed by atoms with E-state index in [0.29, 0.717) is 5.56 Å². The summed E-state index contributed by atoms with van der Waals surface area (Å²) in [5, 5.41) is 11.9. The third-order valence-corrected chi connectivity index (χ3v) is 8.29. The number of nitriles is 1. The highest BCUT2D eigenvalue weighted by Crippen LogP contribution is 2.24. The molecular weight excluding hydrogens is 428 g/mol. The Hall–Kier alpha value is -2.44.